The quantitative estimate of drug-likeness (QED) is 0.687. The molecule has 2 N–H and O–H groups in total. The topological polar surface area (TPSA) is 49.3 Å². The normalized spacial score (nSPS) is 17.2. The second-order valence-corrected chi connectivity index (χ2v) is 4.13. The number of nitrogens with one attached hydrogen (secondary N) is 1. The Morgan fingerprint density at radius 2 is 1.93 bits per heavy atom. The summed E-state index contributed by atoms with van der Waals surface area (Å²) in [6, 6.07) is 0.224. The van der Waals surface area contributed by atoms with Gasteiger partial charge in [0.25, 0.3) is 0 Å². The fraction of sp³-hybridized carbons (Fsp3) is 0.909. The molecule has 14 heavy (non-hydrogen) atoms. The number of hydrogen-bond acceptors (Lipinski definition) is 2. The van der Waals surface area contributed by atoms with Gasteiger partial charge in [-0.15, -0.1) is 0 Å². The summed E-state index contributed by atoms with van der Waals surface area (Å²) in [7, 11) is 0. The Balaban J connectivity index is 3.71. The Bertz CT molecular complexity index is 169. The molecule has 1 amide bonds. The molecule has 0 aliphatic rings. The number of aliphatic hydroxyl groups is 1. The molecule has 3 heteroatoms. The third-order valence-electron chi connectivity index (χ3n) is 2.68. The lowest BCUT2D eigenvalue weighted by atomic mass is 10.0. The van der Waals surface area contributed by atoms with Gasteiger partial charge in [0.15, 0.2) is 0 Å². The molecule has 0 rings (SSSR count). The molecule has 0 aromatic carbocycles. The van der Waals surface area contributed by atoms with Crippen molar-refractivity contribution in [2.24, 2.45) is 5.92 Å². The maximum Gasteiger partial charge on any atom is 0.220 e. The molecule has 0 bridgehead atoms. The summed E-state index contributed by atoms with van der Waals surface area (Å²) in [4.78, 5) is 11.4. The van der Waals surface area contributed by atoms with Crippen LogP contribution in [0.1, 0.15) is 47.0 Å². The van der Waals surface area contributed by atoms with Gasteiger partial charge in [-0.05, 0) is 26.2 Å². The molecule has 84 valence electrons. The van der Waals surface area contributed by atoms with E-state index < -0.39 is 0 Å². The van der Waals surface area contributed by atoms with Crippen LogP contribution in [0.3, 0.4) is 0 Å². The molecular formula is C11H23NO2. The summed E-state index contributed by atoms with van der Waals surface area (Å²) in [6.07, 6.45) is 1.63. The van der Waals surface area contributed by atoms with Gasteiger partial charge in [0, 0.05) is 12.5 Å². The first-order valence-electron chi connectivity index (χ1n) is 5.44. The van der Waals surface area contributed by atoms with Gasteiger partial charge in [-0.25, -0.2) is 0 Å². The van der Waals surface area contributed by atoms with E-state index in [1.807, 2.05) is 6.92 Å². The molecule has 3 unspecified atom stereocenters. The molecular weight excluding hydrogens is 178 g/mol. The van der Waals surface area contributed by atoms with Crippen molar-refractivity contribution in [3.8, 4) is 0 Å². The highest BCUT2D eigenvalue weighted by Gasteiger charge is 2.13. The summed E-state index contributed by atoms with van der Waals surface area (Å²) < 4.78 is 0. The Morgan fingerprint density at radius 1 is 1.36 bits per heavy atom. The molecule has 0 aliphatic carbocycles. The maximum atomic E-state index is 11.4. The number of amides is 1. The number of hydrogen-bond donors (Lipinski definition) is 2. The van der Waals surface area contributed by atoms with Gasteiger partial charge in [-0.1, -0.05) is 20.3 Å². The highest BCUT2D eigenvalue weighted by atomic mass is 16.3. The Kier molecular flexibility index (Phi) is 6.54. The van der Waals surface area contributed by atoms with E-state index in [0.717, 1.165) is 6.42 Å². The molecule has 0 saturated carbocycles. The van der Waals surface area contributed by atoms with Gasteiger partial charge in [0.2, 0.25) is 5.91 Å². The van der Waals surface area contributed by atoms with Crippen LogP contribution in [0, 0.1) is 5.92 Å². The summed E-state index contributed by atoms with van der Waals surface area (Å²) in [5.74, 6) is 0.546. The summed E-state index contributed by atoms with van der Waals surface area (Å²) >= 11 is 0. The number of carbonyl (C=O) groups is 1. The van der Waals surface area contributed by atoms with E-state index in [9.17, 15) is 4.79 Å². The molecule has 0 aromatic heterocycles. The zero-order valence-electron chi connectivity index (χ0n) is 9.71. The van der Waals surface area contributed by atoms with Crippen LogP contribution in [0.25, 0.3) is 0 Å². The van der Waals surface area contributed by atoms with Crippen LogP contribution in [0.15, 0.2) is 0 Å². The summed E-state index contributed by atoms with van der Waals surface area (Å²) in [5, 5.41) is 11.9. The van der Waals surface area contributed by atoms with E-state index in [1.54, 1.807) is 6.92 Å². The lowest BCUT2D eigenvalue weighted by Crippen LogP contribution is -2.37. The van der Waals surface area contributed by atoms with Crippen molar-refractivity contribution in [3.05, 3.63) is 0 Å². The van der Waals surface area contributed by atoms with Gasteiger partial charge in [-0.2, -0.15) is 0 Å². The van der Waals surface area contributed by atoms with Crippen molar-refractivity contribution in [1.29, 1.82) is 0 Å². The van der Waals surface area contributed by atoms with E-state index in [1.165, 1.54) is 0 Å². The fourth-order valence-electron chi connectivity index (χ4n) is 1.16. The van der Waals surface area contributed by atoms with Crippen LogP contribution < -0.4 is 5.32 Å². The van der Waals surface area contributed by atoms with Gasteiger partial charge in [0.05, 0.1) is 6.10 Å². The van der Waals surface area contributed by atoms with Crippen molar-refractivity contribution in [3.63, 3.8) is 0 Å². The van der Waals surface area contributed by atoms with E-state index in [0.29, 0.717) is 18.8 Å². The van der Waals surface area contributed by atoms with Gasteiger partial charge in [-0.3, -0.25) is 4.79 Å². The number of carbonyl (C=O) groups excluding carboxylic acids is 1. The van der Waals surface area contributed by atoms with E-state index >= 15 is 0 Å². The number of rotatable bonds is 6. The second kappa shape index (κ2) is 6.82. The van der Waals surface area contributed by atoms with Crippen molar-refractivity contribution in [2.45, 2.75) is 59.1 Å². The zero-order valence-corrected chi connectivity index (χ0v) is 9.71. The fourth-order valence-corrected chi connectivity index (χ4v) is 1.16. The number of aliphatic hydroxyl groups excluding tert-OH is 1. The van der Waals surface area contributed by atoms with Gasteiger partial charge < -0.3 is 10.4 Å². The first kappa shape index (κ1) is 13.4. The van der Waals surface area contributed by atoms with Crippen LogP contribution in [0.5, 0.6) is 0 Å². The van der Waals surface area contributed by atoms with Crippen LogP contribution in [-0.4, -0.2) is 23.2 Å². The molecule has 0 heterocycles. The molecule has 0 aliphatic heterocycles. The van der Waals surface area contributed by atoms with Crippen molar-refractivity contribution in [2.75, 3.05) is 0 Å². The van der Waals surface area contributed by atoms with E-state index in [4.69, 9.17) is 5.11 Å². The molecule has 0 aromatic rings. The maximum absolute atomic E-state index is 11.4. The summed E-state index contributed by atoms with van der Waals surface area (Å²) in [6.45, 7) is 7.96. The van der Waals surface area contributed by atoms with Gasteiger partial charge >= 0.3 is 0 Å². The van der Waals surface area contributed by atoms with Gasteiger partial charge in [0.1, 0.15) is 0 Å². The molecule has 3 nitrogen and oxygen atoms in total. The standard InChI is InChI=1S/C11H23NO2/c1-5-8(2)10(4)12-11(14)7-6-9(3)13/h8-10,13H,5-7H2,1-4H3,(H,12,14). The first-order valence-corrected chi connectivity index (χ1v) is 5.44. The Labute approximate surface area is 86.9 Å². The minimum Gasteiger partial charge on any atom is -0.393 e. The van der Waals surface area contributed by atoms with E-state index in [-0.39, 0.29) is 18.1 Å². The predicted octanol–water partition coefficient (Wildman–Crippen LogP) is 1.70. The molecule has 3 atom stereocenters. The van der Waals surface area contributed by atoms with E-state index in [2.05, 4.69) is 19.2 Å². The van der Waals surface area contributed by atoms with Crippen molar-refractivity contribution in [1.82, 2.24) is 5.32 Å². The van der Waals surface area contributed by atoms with Crippen LogP contribution in [0.4, 0.5) is 0 Å². The molecule has 0 spiro atoms. The third kappa shape index (κ3) is 5.97. The second-order valence-electron chi connectivity index (χ2n) is 4.13. The largest absolute Gasteiger partial charge is 0.393 e. The molecule has 0 saturated heterocycles. The van der Waals surface area contributed by atoms with Crippen molar-refractivity contribution >= 4 is 5.91 Å². The third-order valence-corrected chi connectivity index (χ3v) is 2.68. The smallest absolute Gasteiger partial charge is 0.220 e. The van der Waals surface area contributed by atoms with Crippen LogP contribution >= 0.6 is 0 Å². The first-order chi connectivity index (χ1) is 6.47. The lowest BCUT2D eigenvalue weighted by molar-refractivity contribution is -0.122. The van der Waals surface area contributed by atoms with Crippen LogP contribution in [-0.2, 0) is 4.79 Å². The zero-order chi connectivity index (χ0) is 11.1. The average Bonchev–Trinajstić information content (AvgIpc) is 2.13. The SMILES string of the molecule is CCC(C)C(C)NC(=O)CCC(C)O. The minimum atomic E-state index is -0.389. The highest BCUT2D eigenvalue weighted by Crippen LogP contribution is 2.07. The minimum absolute atomic E-state index is 0.0405. The monoisotopic (exact) mass is 201 g/mol. The van der Waals surface area contributed by atoms with Crippen LogP contribution in [0.2, 0.25) is 0 Å². The predicted molar refractivity (Wildman–Crippen MR) is 58.0 cm³/mol. The average molecular weight is 201 g/mol. The summed E-state index contributed by atoms with van der Waals surface area (Å²) in [5.41, 5.74) is 0. The molecule has 0 fully saturated rings. The Morgan fingerprint density at radius 3 is 2.36 bits per heavy atom. The highest BCUT2D eigenvalue weighted by molar-refractivity contribution is 5.76. The lowest BCUT2D eigenvalue weighted by Gasteiger charge is -2.19. The Hall–Kier alpha value is -0.570. The molecule has 0 radical (unpaired) electrons. The van der Waals surface area contributed by atoms with Crippen molar-refractivity contribution < 1.29 is 9.90 Å².